The lowest BCUT2D eigenvalue weighted by Gasteiger charge is -2.31. The van der Waals surface area contributed by atoms with Gasteiger partial charge in [0.1, 0.15) is 0 Å². The van der Waals surface area contributed by atoms with Gasteiger partial charge in [0, 0.05) is 42.6 Å². The molecular formula is C22H26ClN3O3S. The number of amides is 1. The molecule has 2 aliphatic rings. The van der Waals surface area contributed by atoms with E-state index in [1.165, 1.54) is 35.0 Å². The van der Waals surface area contributed by atoms with Crippen molar-refractivity contribution in [2.24, 2.45) is 5.92 Å². The van der Waals surface area contributed by atoms with Crippen molar-refractivity contribution < 1.29 is 13.2 Å². The summed E-state index contributed by atoms with van der Waals surface area (Å²) in [5.74, 6) is -0.515. The van der Waals surface area contributed by atoms with Gasteiger partial charge in [0.15, 0.2) is 0 Å². The summed E-state index contributed by atoms with van der Waals surface area (Å²) in [5, 5.41) is 3.44. The molecule has 2 saturated heterocycles. The van der Waals surface area contributed by atoms with E-state index in [9.17, 15) is 13.2 Å². The first-order valence-corrected chi connectivity index (χ1v) is 12.2. The van der Waals surface area contributed by atoms with Crippen molar-refractivity contribution in [3.8, 4) is 0 Å². The van der Waals surface area contributed by atoms with Gasteiger partial charge in [-0.1, -0.05) is 11.6 Å². The van der Waals surface area contributed by atoms with Crippen LogP contribution in [0.4, 0.5) is 11.4 Å². The molecule has 2 aromatic rings. The molecule has 6 nitrogen and oxygen atoms in total. The highest BCUT2D eigenvalue weighted by molar-refractivity contribution is 7.89. The van der Waals surface area contributed by atoms with E-state index < -0.39 is 10.0 Å². The number of sulfonamides is 1. The Balaban J connectivity index is 1.40. The number of halogens is 1. The molecule has 4 rings (SSSR count). The van der Waals surface area contributed by atoms with Gasteiger partial charge in [-0.15, -0.1) is 0 Å². The van der Waals surface area contributed by atoms with Crippen molar-refractivity contribution in [1.82, 2.24) is 4.31 Å². The molecule has 0 bridgehead atoms. The fourth-order valence-electron chi connectivity index (χ4n) is 4.11. The number of hydrogen-bond donors (Lipinski definition) is 1. The monoisotopic (exact) mass is 447 g/mol. The third kappa shape index (κ3) is 4.63. The summed E-state index contributed by atoms with van der Waals surface area (Å²) in [5.41, 5.74) is 1.91. The second-order valence-electron chi connectivity index (χ2n) is 7.89. The molecule has 2 fully saturated rings. The average Bonchev–Trinajstić information content (AvgIpc) is 3.30. The van der Waals surface area contributed by atoms with Gasteiger partial charge in [-0.25, -0.2) is 8.42 Å². The SMILES string of the molecule is O=C(Nc1ccc(N2CCCC2)cc1)[C@@H]1CCCN(S(=O)(=O)c2ccc(Cl)cc2)C1. The smallest absolute Gasteiger partial charge is 0.243 e. The second-order valence-corrected chi connectivity index (χ2v) is 10.3. The molecule has 160 valence electrons. The number of benzene rings is 2. The summed E-state index contributed by atoms with van der Waals surface area (Å²) in [4.78, 5) is 15.3. The first-order valence-electron chi connectivity index (χ1n) is 10.3. The van der Waals surface area contributed by atoms with Gasteiger partial charge >= 0.3 is 0 Å². The summed E-state index contributed by atoms with van der Waals surface area (Å²) >= 11 is 5.87. The Kier molecular flexibility index (Phi) is 6.32. The molecule has 1 amide bonds. The molecule has 0 aliphatic carbocycles. The van der Waals surface area contributed by atoms with Gasteiger partial charge < -0.3 is 10.2 Å². The van der Waals surface area contributed by atoms with Crippen molar-refractivity contribution in [2.75, 3.05) is 36.4 Å². The predicted molar refractivity (Wildman–Crippen MR) is 119 cm³/mol. The molecule has 8 heteroatoms. The minimum atomic E-state index is -3.64. The van der Waals surface area contributed by atoms with Crippen LogP contribution in [-0.2, 0) is 14.8 Å². The molecular weight excluding hydrogens is 422 g/mol. The quantitative estimate of drug-likeness (QED) is 0.752. The van der Waals surface area contributed by atoms with E-state index in [4.69, 9.17) is 11.6 Å². The Hall–Kier alpha value is -2.09. The minimum absolute atomic E-state index is 0.139. The summed E-state index contributed by atoms with van der Waals surface area (Å²) in [7, 11) is -3.64. The van der Waals surface area contributed by atoms with Crippen LogP contribution in [0.25, 0.3) is 0 Å². The van der Waals surface area contributed by atoms with Crippen LogP contribution in [0, 0.1) is 5.92 Å². The first-order chi connectivity index (χ1) is 14.4. The second kappa shape index (κ2) is 8.96. The van der Waals surface area contributed by atoms with E-state index in [0.29, 0.717) is 24.4 Å². The van der Waals surface area contributed by atoms with Crippen LogP contribution in [0.5, 0.6) is 0 Å². The minimum Gasteiger partial charge on any atom is -0.372 e. The fourth-order valence-corrected chi connectivity index (χ4v) is 5.76. The zero-order valence-electron chi connectivity index (χ0n) is 16.8. The van der Waals surface area contributed by atoms with Crippen LogP contribution in [0.15, 0.2) is 53.4 Å². The molecule has 30 heavy (non-hydrogen) atoms. The van der Waals surface area contributed by atoms with Crippen LogP contribution in [0.1, 0.15) is 25.7 Å². The van der Waals surface area contributed by atoms with Gasteiger partial charge in [0.05, 0.1) is 10.8 Å². The molecule has 2 aromatic carbocycles. The average molecular weight is 448 g/mol. The number of hydrogen-bond acceptors (Lipinski definition) is 4. The number of nitrogens with one attached hydrogen (secondary N) is 1. The molecule has 2 aliphatic heterocycles. The molecule has 1 N–H and O–H groups in total. The molecule has 0 spiro atoms. The summed E-state index contributed by atoms with van der Waals surface area (Å²) in [6.07, 6.45) is 3.76. The van der Waals surface area contributed by atoms with Crippen LogP contribution in [0.2, 0.25) is 5.02 Å². The number of anilines is 2. The Morgan fingerprint density at radius 1 is 0.933 bits per heavy atom. The molecule has 0 unspecified atom stereocenters. The maximum atomic E-state index is 12.9. The maximum absolute atomic E-state index is 12.9. The van der Waals surface area contributed by atoms with Gasteiger partial charge in [0.2, 0.25) is 15.9 Å². The highest BCUT2D eigenvalue weighted by atomic mass is 35.5. The molecule has 0 radical (unpaired) electrons. The number of rotatable bonds is 5. The molecule has 2 heterocycles. The van der Waals surface area contributed by atoms with E-state index in [0.717, 1.165) is 18.8 Å². The Morgan fingerprint density at radius 3 is 2.27 bits per heavy atom. The van der Waals surface area contributed by atoms with Gasteiger partial charge in [0.25, 0.3) is 0 Å². The lowest BCUT2D eigenvalue weighted by atomic mass is 9.98. The highest BCUT2D eigenvalue weighted by Crippen LogP contribution is 2.26. The van der Waals surface area contributed by atoms with E-state index in [1.807, 2.05) is 24.3 Å². The zero-order chi connectivity index (χ0) is 21.1. The van der Waals surface area contributed by atoms with E-state index in [1.54, 1.807) is 12.1 Å². The third-order valence-corrected chi connectivity index (χ3v) is 7.94. The van der Waals surface area contributed by atoms with Crippen LogP contribution < -0.4 is 10.2 Å². The van der Waals surface area contributed by atoms with Crippen LogP contribution >= 0.6 is 11.6 Å². The first kappa shape index (κ1) is 21.2. The highest BCUT2D eigenvalue weighted by Gasteiger charge is 2.33. The molecule has 0 aromatic heterocycles. The van der Waals surface area contributed by atoms with E-state index in [-0.39, 0.29) is 23.3 Å². The predicted octanol–water partition coefficient (Wildman–Crippen LogP) is 3.98. The number of nitrogens with zero attached hydrogens (tertiary/aromatic N) is 2. The lowest BCUT2D eigenvalue weighted by Crippen LogP contribution is -2.43. The topological polar surface area (TPSA) is 69.7 Å². The lowest BCUT2D eigenvalue weighted by molar-refractivity contribution is -0.120. The third-order valence-electron chi connectivity index (χ3n) is 5.81. The summed E-state index contributed by atoms with van der Waals surface area (Å²) < 4.78 is 27.3. The van der Waals surface area contributed by atoms with Gasteiger partial charge in [-0.3, -0.25) is 4.79 Å². The van der Waals surface area contributed by atoms with Crippen molar-refractivity contribution in [3.05, 3.63) is 53.6 Å². The number of carbonyl (C=O) groups is 1. The fraction of sp³-hybridized carbons (Fsp3) is 0.409. The molecule has 1 atom stereocenters. The van der Waals surface area contributed by atoms with E-state index in [2.05, 4.69) is 10.2 Å². The van der Waals surface area contributed by atoms with Crippen molar-refractivity contribution >= 4 is 38.9 Å². The number of piperidine rings is 1. The largest absolute Gasteiger partial charge is 0.372 e. The zero-order valence-corrected chi connectivity index (χ0v) is 18.3. The van der Waals surface area contributed by atoms with Gasteiger partial charge in [-0.2, -0.15) is 4.31 Å². The summed E-state index contributed by atoms with van der Waals surface area (Å²) in [6, 6.07) is 14.0. The Labute approximate surface area is 182 Å². The van der Waals surface area contributed by atoms with Crippen molar-refractivity contribution in [1.29, 1.82) is 0 Å². The standard InChI is InChI=1S/C22H26ClN3O3S/c23-18-5-11-21(12-6-18)30(28,29)26-15-3-4-17(16-26)22(27)24-19-7-9-20(10-8-19)25-13-1-2-14-25/h5-12,17H,1-4,13-16H2,(H,24,27)/t17-/m1/s1. The Morgan fingerprint density at radius 2 is 1.60 bits per heavy atom. The van der Waals surface area contributed by atoms with Crippen LogP contribution in [-0.4, -0.2) is 44.8 Å². The van der Waals surface area contributed by atoms with Crippen molar-refractivity contribution in [2.45, 2.75) is 30.6 Å². The van der Waals surface area contributed by atoms with Gasteiger partial charge in [-0.05, 0) is 74.2 Å². The normalized spacial score (nSPS) is 20.3. The van der Waals surface area contributed by atoms with E-state index >= 15 is 0 Å². The molecule has 0 saturated carbocycles. The van der Waals surface area contributed by atoms with Crippen molar-refractivity contribution in [3.63, 3.8) is 0 Å². The number of carbonyl (C=O) groups excluding carboxylic acids is 1. The van der Waals surface area contributed by atoms with Crippen LogP contribution in [0.3, 0.4) is 0 Å². The summed E-state index contributed by atoms with van der Waals surface area (Å²) in [6.45, 7) is 2.75. The Bertz CT molecular complexity index is 987. The maximum Gasteiger partial charge on any atom is 0.243 e.